The topological polar surface area (TPSA) is 0 Å². The minimum absolute atomic E-state index is 1.32. The van der Waals surface area contributed by atoms with E-state index in [0.29, 0.717) is 0 Å². The highest BCUT2D eigenvalue weighted by atomic mass is 14.0. The highest BCUT2D eigenvalue weighted by Gasteiger charge is 1.92. The third-order valence-electron chi connectivity index (χ3n) is 4.85. The van der Waals surface area contributed by atoms with Gasteiger partial charge in [-0.25, -0.2) is 0 Å². The van der Waals surface area contributed by atoms with E-state index < -0.39 is 0 Å². The van der Waals surface area contributed by atoms with Crippen molar-refractivity contribution in [3.8, 4) is 0 Å². The molecule has 0 aliphatic heterocycles. The number of fused-ring (bicyclic) bond motifs is 2. The fourth-order valence-corrected chi connectivity index (χ4v) is 3.23. The molecule has 0 aliphatic rings. The predicted octanol–water partition coefficient (Wildman–Crippen LogP) is 9.32. The van der Waals surface area contributed by atoms with Gasteiger partial charge in [-0.3, -0.25) is 0 Å². The average molecular weight is 407 g/mol. The molecule has 0 heteroatoms. The summed E-state index contributed by atoms with van der Waals surface area (Å²) < 4.78 is 0. The lowest BCUT2D eigenvalue weighted by Crippen LogP contribution is -1.75. The van der Waals surface area contributed by atoms with Crippen molar-refractivity contribution in [1.29, 1.82) is 0 Å². The molecule has 5 rings (SSSR count). The Bertz CT molecular complexity index is 1160. The molecule has 0 amide bonds. The van der Waals surface area contributed by atoms with Gasteiger partial charge in [0.1, 0.15) is 0 Å². The van der Waals surface area contributed by atoms with E-state index in [4.69, 9.17) is 0 Å². The standard InChI is InChI=1S/2C11H10.C7H8.C2H6/c1-9-5-4-7-10-6-2-3-8-11(9)10;1-9-6-7-10-4-2-3-5-11(10)8-9;1-7-5-3-2-4-6-7;1-2/h2*2-8H,1H3;2-6H,1H3;1-2H3. The van der Waals surface area contributed by atoms with Crippen molar-refractivity contribution in [1.82, 2.24) is 0 Å². The molecule has 0 unspecified atom stereocenters. The zero-order valence-corrected chi connectivity index (χ0v) is 19.5. The zero-order valence-electron chi connectivity index (χ0n) is 19.5. The van der Waals surface area contributed by atoms with Crippen LogP contribution in [-0.4, -0.2) is 0 Å². The Labute approximate surface area is 188 Å². The summed E-state index contributed by atoms with van der Waals surface area (Å²) in [5.41, 5.74) is 3.99. The van der Waals surface area contributed by atoms with Crippen LogP contribution in [0.5, 0.6) is 0 Å². The Balaban J connectivity index is 0.000000163. The first-order chi connectivity index (χ1) is 15.1. The lowest BCUT2D eigenvalue weighted by Gasteiger charge is -1.98. The van der Waals surface area contributed by atoms with E-state index in [-0.39, 0.29) is 0 Å². The Morgan fingerprint density at radius 3 is 1.55 bits per heavy atom. The number of benzene rings is 5. The van der Waals surface area contributed by atoms with Crippen LogP contribution in [0.2, 0.25) is 0 Å². The molecule has 0 aliphatic carbocycles. The van der Waals surface area contributed by atoms with E-state index in [0.717, 1.165) is 0 Å². The minimum atomic E-state index is 1.32. The molecule has 0 atom stereocenters. The average Bonchev–Trinajstić information content (AvgIpc) is 2.82. The van der Waals surface area contributed by atoms with Crippen molar-refractivity contribution < 1.29 is 0 Å². The summed E-state index contributed by atoms with van der Waals surface area (Å²) in [5, 5.41) is 5.33. The summed E-state index contributed by atoms with van der Waals surface area (Å²) in [7, 11) is 0. The molecule has 5 aromatic carbocycles. The van der Waals surface area contributed by atoms with E-state index in [1.807, 2.05) is 32.0 Å². The van der Waals surface area contributed by atoms with Crippen molar-refractivity contribution in [2.75, 3.05) is 0 Å². The van der Waals surface area contributed by atoms with Gasteiger partial charge in [-0.2, -0.15) is 0 Å². The van der Waals surface area contributed by atoms with Gasteiger partial charge >= 0.3 is 0 Å². The molecular weight excluding hydrogens is 372 g/mol. The van der Waals surface area contributed by atoms with Gasteiger partial charge in [-0.1, -0.05) is 140 Å². The molecule has 5 aromatic rings. The van der Waals surface area contributed by atoms with Gasteiger partial charge in [0, 0.05) is 0 Å². The summed E-state index contributed by atoms with van der Waals surface area (Å²) in [6.45, 7) is 10.3. The first kappa shape index (κ1) is 23.9. The Morgan fingerprint density at radius 2 is 0.935 bits per heavy atom. The van der Waals surface area contributed by atoms with Crippen LogP contribution in [0.1, 0.15) is 30.5 Å². The van der Waals surface area contributed by atoms with Gasteiger partial charge < -0.3 is 0 Å². The molecule has 0 radical (unpaired) electrons. The van der Waals surface area contributed by atoms with Crippen LogP contribution in [0.25, 0.3) is 21.5 Å². The summed E-state index contributed by atoms with van der Waals surface area (Å²) in [6.07, 6.45) is 0. The number of aryl methyl sites for hydroxylation is 3. The third-order valence-corrected chi connectivity index (χ3v) is 4.85. The molecule has 0 fully saturated rings. The van der Waals surface area contributed by atoms with Crippen LogP contribution in [0.15, 0.2) is 115 Å². The highest BCUT2D eigenvalue weighted by molar-refractivity contribution is 5.85. The molecule has 0 heterocycles. The van der Waals surface area contributed by atoms with Crippen molar-refractivity contribution in [2.45, 2.75) is 34.6 Å². The lowest BCUT2D eigenvalue weighted by molar-refractivity contribution is 1.48. The monoisotopic (exact) mass is 406 g/mol. The molecule has 0 aromatic heterocycles. The second kappa shape index (κ2) is 13.0. The smallest absolute Gasteiger partial charge is 0.0155 e. The predicted molar refractivity (Wildman–Crippen MR) is 140 cm³/mol. The van der Waals surface area contributed by atoms with Gasteiger partial charge in [0.2, 0.25) is 0 Å². The van der Waals surface area contributed by atoms with E-state index in [1.165, 1.54) is 38.2 Å². The van der Waals surface area contributed by atoms with Gasteiger partial charge in [0.25, 0.3) is 0 Å². The summed E-state index contributed by atoms with van der Waals surface area (Å²) in [4.78, 5) is 0. The van der Waals surface area contributed by atoms with Crippen LogP contribution in [0.4, 0.5) is 0 Å². The van der Waals surface area contributed by atoms with Crippen LogP contribution < -0.4 is 0 Å². The van der Waals surface area contributed by atoms with Crippen molar-refractivity contribution in [3.05, 3.63) is 132 Å². The van der Waals surface area contributed by atoms with E-state index >= 15 is 0 Å². The second-order valence-corrected chi connectivity index (χ2v) is 7.30. The zero-order chi connectivity index (χ0) is 22.5. The maximum atomic E-state index is 2.20. The SMILES string of the molecule is CC.Cc1ccc2ccccc2c1.Cc1cccc2ccccc12.Cc1ccccc1. The van der Waals surface area contributed by atoms with Gasteiger partial charge in [-0.15, -0.1) is 0 Å². The molecule has 31 heavy (non-hydrogen) atoms. The molecule has 0 nitrogen and oxygen atoms in total. The normalized spacial score (nSPS) is 9.45. The maximum absolute atomic E-state index is 2.20. The van der Waals surface area contributed by atoms with Crippen LogP contribution in [-0.2, 0) is 0 Å². The Hall–Kier alpha value is -3.38. The molecule has 0 bridgehead atoms. The van der Waals surface area contributed by atoms with Gasteiger partial charge in [0.05, 0.1) is 0 Å². The van der Waals surface area contributed by atoms with Gasteiger partial charge in [0.15, 0.2) is 0 Å². The Kier molecular flexibility index (Phi) is 10.0. The van der Waals surface area contributed by atoms with Crippen molar-refractivity contribution in [2.24, 2.45) is 0 Å². The van der Waals surface area contributed by atoms with Gasteiger partial charge in [-0.05, 0) is 47.9 Å². The minimum Gasteiger partial charge on any atom is -0.0683 e. The maximum Gasteiger partial charge on any atom is -0.0155 e. The second-order valence-electron chi connectivity index (χ2n) is 7.30. The molecule has 0 saturated heterocycles. The fraction of sp³-hybridized carbons (Fsp3) is 0.161. The summed E-state index contributed by atoms with van der Waals surface area (Å²) in [6, 6.07) is 40.0. The van der Waals surface area contributed by atoms with Crippen molar-refractivity contribution >= 4 is 21.5 Å². The first-order valence-corrected chi connectivity index (χ1v) is 11.0. The summed E-state index contributed by atoms with van der Waals surface area (Å²) >= 11 is 0. The quantitative estimate of drug-likeness (QED) is 0.240. The number of hydrogen-bond donors (Lipinski definition) is 0. The third kappa shape index (κ3) is 7.75. The fourth-order valence-electron chi connectivity index (χ4n) is 3.23. The molecule has 0 spiro atoms. The molecular formula is C31H34. The lowest BCUT2D eigenvalue weighted by atomic mass is 10.1. The van der Waals surface area contributed by atoms with E-state index in [1.54, 1.807) is 0 Å². The molecule has 0 N–H and O–H groups in total. The van der Waals surface area contributed by atoms with Crippen LogP contribution >= 0.6 is 0 Å². The number of hydrogen-bond acceptors (Lipinski definition) is 0. The van der Waals surface area contributed by atoms with E-state index in [2.05, 4.69) is 118 Å². The largest absolute Gasteiger partial charge is 0.0683 e. The highest BCUT2D eigenvalue weighted by Crippen LogP contribution is 2.16. The summed E-state index contributed by atoms with van der Waals surface area (Å²) in [5.74, 6) is 0. The van der Waals surface area contributed by atoms with E-state index in [9.17, 15) is 0 Å². The van der Waals surface area contributed by atoms with Crippen molar-refractivity contribution in [3.63, 3.8) is 0 Å². The first-order valence-electron chi connectivity index (χ1n) is 11.0. The Morgan fingerprint density at radius 1 is 0.387 bits per heavy atom. The molecule has 158 valence electrons. The van der Waals surface area contributed by atoms with Crippen LogP contribution in [0, 0.1) is 20.8 Å². The molecule has 0 saturated carbocycles. The van der Waals surface area contributed by atoms with Crippen LogP contribution in [0.3, 0.4) is 0 Å². The number of rotatable bonds is 0.